The molecule has 0 unspecified atom stereocenters. The first-order valence-electron chi connectivity index (χ1n) is 7.03. The zero-order valence-electron chi connectivity index (χ0n) is 13.8. The number of azo groups is 1. The molecule has 0 heterocycles. The van der Waals surface area contributed by atoms with Gasteiger partial charge in [0, 0.05) is 12.1 Å². The lowest BCUT2D eigenvalue weighted by Gasteiger charge is -2.12. The lowest BCUT2D eigenvalue weighted by Crippen LogP contribution is -2.06. The number of benzene rings is 2. The number of ether oxygens (including phenoxy) is 3. The van der Waals surface area contributed by atoms with Gasteiger partial charge in [0.1, 0.15) is 5.75 Å². The van der Waals surface area contributed by atoms with Crippen molar-refractivity contribution in [3.63, 3.8) is 0 Å². The van der Waals surface area contributed by atoms with E-state index in [1.807, 2.05) is 0 Å². The Morgan fingerprint density at radius 1 is 0.960 bits per heavy atom. The van der Waals surface area contributed by atoms with Gasteiger partial charge in [-0.3, -0.25) is 5.32 Å². The van der Waals surface area contributed by atoms with Gasteiger partial charge in [0.2, 0.25) is 5.75 Å². The monoisotopic (exact) mass is 347 g/mol. The van der Waals surface area contributed by atoms with E-state index in [0.717, 1.165) is 0 Å². The molecule has 0 spiro atoms. The Labute approximate surface area is 143 Å². The van der Waals surface area contributed by atoms with Crippen LogP contribution < -0.4 is 19.5 Å². The molecule has 0 saturated heterocycles. The SMILES string of the molecule is COc1cc(N=Nc2ccc(O)c(NC(=O)O)c2)cc(OC)c1OC. The minimum Gasteiger partial charge on any atom is -0.506 e. The zero-order valence-corrected chi connectivity index (χ0v) is 13.8. The van der Waals surface area contributed by atoms with Crippen LogP contribution in [-0.2, 0) is 0 Å². The van der Waals surface area contributed by atoms with Gasteiger partial charge in [-0.2, -0.15) is 10.2 Å². The molecule has 0 saturated carbocycles. The number of hydrogen-bond acceptors (Lipinski definition) is 7. The number of methoxy groups -OCH3 is 3. The van der Waals surface area contributed by atoms with Gasteiger partial charge in [-0.1, -0.05) is 0 Å². The second-order valence-electron chi connectivity index (χ2n) is 4.72. The minimum atomic E-state index is -1.30. The summed E-state index contributed by atoms with van der Waals surface area (Å²) in [6, 6.07) is 7.38. The van der Waals surface area contributed by atoms with Crippen molar-refractivity contribution in [1.82, 2.24) is 0 Å². The Balaban J connectivity index is 2.34. The molecule has 0 aromatic heterocycles. The van der Waals surface area contributed by atoms with Crippen molar-refractivity contribution in [1.29, 1.82) is 0 Å². The molecule has 0 aliphatic carbocycles. The Morgan fingerprint density at radius 3 is 2.08 bits per heavy atom. The lowest BCUT2D eigenvalue weighted by molar-refractivity contribution is 0.209. The van der Waals surface area contributed by atoms with Gasteiger partial charge >= 0.3 is 6.09 Å². The molecule has 0 bridgehead atoms. The first-order chi connectivity index (χ1) is 12.0. The normalized spacial score (nSPS) is 10.5. The molecule has 0 aliphatic heterocycles. The Bertz CT molecular complexity index is 781. The van der Waals surface area contributed by atoms with E-state index in [2.05, 4.69) is 15.5 Å². The van der Waals surface area contributed by atoms with Crippen LogP contribution >= 0.6 is 0 Å². The van der Waals surface area contributed by atoms with Gasteiger partial charge in [-0.05, 0) is 18.2 Å². The third-order valence-electron chi connectivity index (χ3n) is 3.15. The van der Waals surface area contributed by atoms with E-state index in [0.29, 0.717) is 28.6 Å². The topological polar surface area (TPSA) is 122 Å². The molecule has 9 heteroatoms. The highest BCUT2D eigenvalue weighted by atomic mass is 16.5. The predicted molar refractivity (Wildman–Crippen MR) is 90.0 cm³/mol. The van der Waals surface area contributed by atoms with Crippen molar-refractivity contribution in [2.75, 3.05) is 26.6 Å². The molecule has 9 nitrogen and oxygen atoms in total. The Kier molecular flexibility index (Phi) is 5.62. The van der Waals surface area contributed by atoms with Crippen molar-refractivity contribution in [2.24, 2.45) is 10.2 Å². The van der Waals surface area contributed by atoms with Gasteiger partial charge in [0.25, 0.3) is 0 Å². The first-order valence-corrected chi connectivity index (χ1v) is 7.03. The van der Waals surface area contributed by atoms with Crippen LogP contribution in [0.15, 0.2) is 40.6 Å². The van der Waals surface area contributed by atoms with Crippen LogP contribution in [0.3, 0.4) is 0 Å². The van der Waals surface area contributed by atoms with E-state index < -0.39 is 6.09 Å². The fourth-order valence-electron chi connectivity index (χ4n) is 2.04. The molecule has 0 radical (unpaired) electrons. The number of phenols is 1. The van der Waals surface area contributed by atoms with E-state index in [9.17, 15) is 9.90 Å². The summed E-state index contributed by atoms with van der Waals surface area (Å²) in [5.41, 5.74) is 0.791. The average Bonchev–Trinajstić information content (AvgIpc) is 2.60. The molecule has 25 heavy (non-hydrogen) atoms. The summed E-state index contributed by atoms with van der Waals surface area (Å²) >= 11 is 0. The second-order valence-corrected chi connectivity index (χ2v) is 4.72. The van der Waals surface area contributed by atoms with Crippen LogP contribution in [0.5, 0.6) is 23.0 Å². The van der Waals surface area contributed by atoms with Crippen molar-refractivity contribution >= 4 is 23.2 Å². The quantitative estimate of drug-likeness (QED) is 0.538. The standard InChI is InChI=1S/C16H17N3O6/c1-23-13-7-10(8-14(24-2)15(13)25-3)19-18-9-4-5-12(20)11(6-9)17-16(21)22/h4-8,17,20H,1-3H3,(H,21,22). The van der Waals surface area contributed by atoms with Gasteiger partial charge in [-0.25, -0.2) is 4.79 Å². The highest BCUT2D eigenvalue weighted by molar-refractivity contribution is 5.86. The molecule has 2 aromatic carbocycles. The van der Waals surface area contributed by atoms with Crippen molar-refractivity contribution in [2.45, 2.75) is 0 Å². The van der Waals surface area contributed by atoms with Gasteiger partial charge in [0.15, 0.2) is 11.5 Å². The van der Waals surface area contributed by atoms with E-state index >= 15 is 0 Å². The Morgan fingerprint density at radius 2 is 1.56 bits per heavy atom. The average molecular weight is 347 g/mol. The summed E-state index contributed by atoms with van der Waals surface area (Å²) in [6.07, 6.45) is -1.30. The number of hydrogen-bond donors (Lipinski definition) is 3. The predicted octanol–water partition coefficient (Wildman–Crippen LogP) is 3.92. The molecule has 2 rings (SSSR count). The molecule has 1 amide bonds. The molecule has 0 fully saturated rings. The number of nitrogens with one attached hydrogen (secondary N) is 1. The summed E-state index contributed by atoms with van der Waals surface area (Å²) in [6.45, 7) is 0. The fourth-order valence-corrected chi connectivity index (χ4v) is 2.04. The van der Waals surface area contributed by atoms with Crippen molar-refractivity contribution in [3.05, 3.63) is 30.3 Å². The summed E-state index contributed by atoms with van der Waals surface area (Å²) in [4.78, 5) is 10.7. The third kappa shape index (κ3) is 4.28. The number of aromatic hydroxyl groups is 1. The highest BCUT2D eigenvalue weighted by Crippen LogP contribution is 2.41. The number of rotatable bonds is 6. The van der Waals surface area contributed by atoms with E-state index in [1.165, 1.54) is 39.5 Å². The third-order valence-corrected chi connectivity index (χ3v) is 3.15. The Hall–Kier alpha value is -3.49. The largest absolute Gasteiger partial charge is 0.506 e. The number of phenolic OH excluding ortho intramolecular Hbond substituents is 1. The van der Waals surface area contributed by atoms with E-state index in [-0.39, 0.29) is 11.4 Å². The van der Waals surface area contributed by atoms with Crippen LogP contribution in [0.4, 0.5) is 21.9 Å². The van der Waals surface area contributed by atoms with Gasteiger partial charge in [-0.15, -0.1) is 0 Å². The second kappa shape index (κ2) is 7.86. The fraction of sp³-hybridized carbons (Fsp3) is 0.188. The molecule has 132 valence electrons. The summed E-state index contributed by atoms with van der Waals surface area (Å²) in [7, 11) is 4.47. The van der Waals surface area contributed by atoms with Gasteiger partial charge in [0.05, 0.1) is 38.4 Å². The van der Waals surface area contributed by atoms with Crippen LogP contribution in [0.25, 0.3) is 0 Å². The summed E-state index contributed by atoms with van der Waals surface area (Å²) in [5, 5.41) is 28.5. The maximum atomic E-state index is 10.7. The number of nitrogens with zero attached hydrogens (tertiary/aromatic N) is 2. The smallest absolute Gasteiger partial charge is 0.409 e. The number of carbonyl (C=O) groups is 1. The van der Waals surface area contributed by atoms with Crippen LogP contribution in [0.1, 0.15) is 0 Å². The van der Waals surface area contributed by atoms with Crippen LogP contribution in [0.2, 0.25) is 0 Å². The molecule has 0 aliphatic rings. The van der Waals surface area contributed by atoms with E-state index in [1.54, 1.807) is 12.1 Å². The molecule has 0 atom stereocenters. The van der Waals surface area contributed by atoms with E-state index in [4.69, 9.17) is 19.3 Å². The molecule has 3 N–H and O–H groups in total. The number of carboxylic acid groups (broad SMARTS) is 1. The summed E-state index contributed by atoms with van der Waals surface area (Å²) in [5.74, 6) is 1.07. The van der Waals surface area contributed by atoms with Crippen LogP contribution in [0, 0.1) is 0 Å². The first kappa shape index (κ1) is 17.9. The van der Waals surface area contributed by atoms with Gasteiger partial charge < -0.3 is 24.4 Å². The van der Waals surface area contributed by atoms with Crippen molar-refractivity contribution < 1.29 is 29.2 Å². The zero-order chi connectivity index (χ0) is 18.4. The minimum absolute atomic E-state index is 0.00819. The summed E-state index contributed by atoms with van der Waals surface area (Å²) < 4.78 is 15.7. The maximum absolute atomic E-state index is 10.7. The van der Waals surface area contributed by atoms with Crippen molar-refractivity contribution in [3.8, 4) is 23.0 Å². The highest BCUT2D eigenvalue weighted by Gasteiger charge is 2.13. The van der Waals surface area contributed by atoms with Crippen LogP contribution in [-0.4, -0.2) is 37.6 Å². The number of amides is 1. The molecule has 2 aromatic rings. The maximum Gasteiger partial charge on any atom is 0.409 e. The lowest BCUT2D eigenvalue weighted by atomic mass is 10.2. The number of anilines is 1. The molecular formula is C16H17N3O6. The molecular weight excluding hydrogens is 330 g/mol.